The second-order valence-corrected chi connectivity index (χ2v) is 7.06. The van der Waals surface area contributed by atoms with Crippen molar-refractivity contribution in [3.05, 3.63) is 59.1 Å². The van der Waals surface area contributed by atoms with Crippen molar-refractivity contribution in [3.8, 4) is 5.75 Å². The first-order chi connectivity index (χ1) is 12.6. The zero-order valence-corrected chi connectivity index (χ0v) is 15.3. The number of halogens is 1. The van der Waals surface area contributed by atoms with Gasteiger partial charge >= 0.3 is 0 Å². The number of hydrazone groups is 1. The lowest BCUT2D eigenvalue weighted by molar-refractivity contribution is -0.120. The number of carbonyl (C=O) groups is 1. The van der Waals surface area contributed by atoms with Crippen molar-refractivity contribution in [2.75, 3.05) is 25.2 Å². The van der Waals surface area contributed by atoms with Gasteiger partial charge in [0.2, 0.25) is 0 Å². The molecule has 2 aliphatic heterocycles. The van der Waals surface area contributed by atoms with Crippen molar-refractivity contribution in [2.24, 2.45) is 11.0 Å². The molecule has 26 heavy (non-hydrogen) atoms. The number of rotatable bonds is 4. The number of amides is 1. The number of hydrogen-bond donors (Lipinski definition) is 0. The third kappa shape index (κ3) is 3.32. The fourth-order valence-electron chi connectivity index (χ4n) is 3.53. The molecule has 1 unspecified atom stereocenters. The van der Waals surface area contributed by atoms with Gasteiger partial charge in [-0.1, -0.05) is 23.7 Å². The maximum absolute atomic E-state index is 12.7. The van der Waals surface area contributed by atoms with E-state index in [9.17, 15) is 4.79 Å². The maximum Gasteiger partial charge on any atom is 0.256 e. The van der Waals surface area contributed by atoms with E-state index in [4.69, 9.17) is 16.3 Å². The average molecular weight is 370 g/mol. The predicted molar refractivity (Wildman–Crippen MR) is 103 cm³/mol. The zero-order valence-electron chi connectivity index (χ0n) is 14.6. The van der Waals surface area contributed by atoms with Gasteiger partial charge in [-0.15, -0.1) is 0 Å². The summed E-state index contributed by atoms with van der Waals surface area (Å²) in [5.41, 5.74) is 2.89. The quantitative estimate of drug-likeness (QED) is 0.827. The van der Waals surface area contributed by atoms with Gasteiger partial charge in [-0.2, -0.15) is 5.10 Å². The lowest BCUT2D eigenvalue weighted by atomic mass is 9.94. The molecule has 1 fully saturated rings. The molecule has 0 saturated carbocycles. The summed E-state index contributed by atoms with van der Waals surface area (Å²) < 4.78 is 5.18. The number of hydrogen-bond acceptors (Lipinski definition) is 4. The molecule has 6 heteroatoms. The Morgan fingerprint density at radius 1 is 1.23 bits per heavy atom. The van der Waals surface area contributed by atoms with Gasteiger partial charge in [0.1, 0.15) is 5.75 Å². The van der Waals surface area contributed by atoms with E-state index in [-0.39, 0.29) is 11.8 Å². The second-order valence-electron chi connectivity index (χ2n) is 6.62. The molecule has 4 rings (SSSR count). The summed E-state index contributed by atoms with van der Waals surface area (Å²) in [6.45, 7) is 2.39. The first kappa shape index (κ1) is 17.1. The topological polar surface area (TPSA) is 45.1 Å². The van der Waals surface area contributed by atoms with Crippen LogP contribution in [0.5, 0.6) is 5.75 Å². The molecule has 2 aromatic carbocycles. The molecule has 2 heterocycles. The summed E-state index contributed by atoms with van der Waals surface area (Å²) in [5.74, 6) is 0.721. The third-order valence-corrected chi connectivity index (χ3v) is 5.10. The van der Waals surface area contributed by atoms with Crippen LogP contribution in [0.25, 0.3) is 0 Å². The van der Waals surface area contributed by atoms with E-state index < -0.39 is 0 Å². The van der Waals surface area contributed by atoms with E-state index >= 15 is 0 Å². The van der Waals surface area contributed by atoms with Gasteiger partial charge in [-0.3, -0.25) is 9.69 Å². The van der Waals surface area contributed by atoms with Gasteiger partial charge in [0.15, 0.2) is 0 Å². The maximum atomic E-state index is 12.7. The zero-order chi connectivity index (χ0) is 18.1. The minimum atomic E-state index is -0.104. The summed E-state index contributed by atoms with van der Waals surface area (Å²) >= 11 is 6.08. The Morgan fingerprint density at radius 3 is 2.77 bits per heavy atom. The molecule has 5 nitrogen and oxygen atoms in total. The highest BCUT2D eigenvalue weighted by Gasteiger charge is 2.39. The number of carbonyl (C=O) groups excluding carboxylic acids is 1. The van der Waals surface area contributed by atoms with E-state index in [1.807, 2.05) is 42.5 Å². The van der Waals surface area contributed by atoms with E-state index in [1.54, 1.807) is 7.11 Å². The monoisotopic (exact) mass is 369 g/mol. The Bertz CT molecular complexity index is 850. The summed E-state index contributed by atoms with van der Waals surface area (Å²) in [7, 11) is 1.62. The van der Waals surface area contributed by atoms with Crippen LogP contribution in [0, 0.1) is 5.92 Å². The van der Waals surface area contributed by atoms with Gasteiger partial charge in [0.05, 0.1) is 24.4 Å². The molecule has 0 N–H and O–H groups in total. The van der Waals surface area contributed by atoms with Gasteiger partial charge in [-0.25, -0.2) is 5.01 Å². The molecule has 2 aliphatic rings. The first-order valence-corrected chi connectivity index (χ1v) is 9.04. The van der Waals surface area contributed by atoms with Crippen LogP contribution in [0.1, 0.15) is 12.0 Å². The summed E-state index contributed by atoms with van der Waals surface area (Å²) in [5, 5.41) is 6.89. The molecule has 2 aromatic rings. The number of likely N-dealkylation sites (tertiary alicyclic amines) is 1. The Balaban J connectivity index is 1.49. The normalized spacial score (nSPS) is 20.1. The van der Waals surface area contributed by atoms with Crippen molar-refractivity contribution in [1.82, 2.24) is 4.90 Å². The summed E-state index contributed by atoms with van der Waals surface area (Å²) in [6, 6.07) is 15.3. The van der Waals surface area contributed by atoms with Crippen molar-refractivity contribution < 1.29 is 9.53 Å². The number of nitrogens with zero attached hydrogens (tertiary/aromatic N) is 3. The molecule has 0 bridgehead atoms. The number of anilines is 1. The third-order valence-electron chi connectivity index (χ3n) is 4.87. The summed E-state index contributed by atoms with van der Waals surface area (Å²) in [6.07, 6.45) is 0.797. The molecule has 0 aromatic heterocycles. The van der Waals surface area contributed by atoms with Gasteiger partial charge in [-0.05, 0) is 48.4 Å². The lowest BCUT2D eigenvalue weighted by Crippen LogP contribution is -2.41. The van der Waals surface area contributed by atoms with Crippen LogP contribution in [-0.2, 0) is 11.3 Å². The van der Waals surface area contributed by atoms with E-state index in [2.05, 4.69) is 16.1 Å². The fourth-order valence-corrected chi connectivity index (χ4v) is 3.74. The molecular weight excluding hydrogens is 350 g/mol. The highest BCUT2D eigenvalue weighted by molar-refractivity contribution is 6.30. The fraction of sp³-hybridized carbons (Fsp3) is 0.300. The van der Waals surface area contributed by atoms with Gasteiger partial charge in [0, 0.05) is 24.7 Å². The van der Waals surface area contributed by atoms with Gasteiger partial charge in [0.25, 0.3) is 5.91 Å². The van der Waals surface area contributed by atoms with Crippen LogP contribution in [0.15, 0.2) is 53.6 Å². The molecule has 0 spiro atoms. The highest BCUT2D eigenvalue weighted by atomic mass is 35.5. The van der Waals surface area contributed by atoms with Crippen LogP contribution in [0.2, 0.25) is 5.02 Å². The number of methoxy groups -OCH3 is 1. The van der Waals surface area contributed by atoms with E-state index in [0.717, 1.165) is 41.7 Å². The second kappa shape index (κ2) is 7.09. The Kier molecular flexibility index (Phi) is 4.66. The molecule has 0 radical (unpaired) electrons. The average Bonchev–Trinajstić information content (AvgIpc) is 2.98. The summed E-state index contributed by atoms with van der Waals surface area (Å²) in [4.78, 5) is 15.1. The van der Waals surface area contributed by atoms with Crippen molar-refractivity contribution in [2.45, 2.75) is 13.0 Å². The SMILES string of the molecule is COc1ccc(N2N=C3CN(Cc4cccc(Cl)c4)CCC3C2=O)cc1. The van der Waals surface area contributed by atoms with Crippen LogP contribution >= 0.6 is 11.6 Å². The number of fused-ring (bicyclic) bond motifs is 1. The molecule has 134 valence electrons. The Hall–Kier alpha value is -2.37. The van der Waals surface area contributed by atoms with Crippen LogP contribution in [0.4, 0.5) is 5.69 Å². The lowest BCUT2D eigenvalue weighted by Gasteiger charge is -2.29. The van der Waals surface area contributed by atoms with Crippen molar-refractivity contribution >= 4 is 28.9 Å². The molecule has 0 aliphatic carbocycles. The standard InChI is InChI=1S/C20H20ClN3O2/c1-26-17-7-5-16(6-8-17)24-20(25)18-9-10-23(13-19(18)22-24)12-14-3-2-4-15(21)11-14/h2-8,11,18H,9-10,12-13H2,1H3. The predicted octanol–water partition coefficient (Wildman–Crippen LogP) is 3.57. The molecule has 1 amide bonds. The number of benzene rings is 2. The van der Waals surface area contributed by atoms with Crippen molar-refractivity contribution in [3.63, 3.8) is 0 Å². The van der Waals surface area contributed by atoms with Gasteiger partial charge < -0.3 is 4.74 Å². The van der Waals surface area contributed by atoms with E-state index in [0.29, 0.717) is 6.54 Å². The van der Waals surface area contributed by atoms with Crippen LogP contribution in [0.3, 0.4) is 0 Å². The Labute approximate surface area is 157 Å². The molecular formula is C20H20ClN3O2. The smallest absolute Gasteiger partial charge is 0.256 e. The largest absolute Gasteiger partial charge is 0.497 e. The Morgan fingerprint density at radius 2 is 2.04 bits per heavy atom. The minimum Gasteiger partial charge on any atom is -0.497 e. The van der Waals surface area contributed by atoms with Crippen LogP contribution < -0.4 is 9.75 Å². The van der Waals surface area contributed by atoms with Crippen LogP contribution in [-0.4, -0.2) is 36.7 Å². The number of ether oxygens (including phenoxy) is 1. The first-order valence-electron chi connectivity index (χ1n) is 8.66. The number of piperidine rings is 1. The molecule has 1 saturated heterocycles. The van der Waals surface area contributed by atoms with E-state index in [1.165, 1.54) is 10.6 Å². The van der Waals surface area contributed by atoms with Crippen molar-refractivity contribution in [1.29, 1.82) is 0 Å². The minimum absolute atomic E-state index is 0.0626. The highest BCUT2D eigenvalue weighted by Crippen LogP contribution is 2.30. The molecule has 1 atom stereocenters.